The summed E-state index contributed by atoms with van der Waals surface area (Å²) in [5, 5.41) is 6.71. The van der Waals surface area contributed by atoms with Crippen molar-refractivity contribution in [1.82, 2.24) is 15.5 Å². The number of benzene rings is 1. The minimum absolute atomic E-state index is 0. The highest BCUT2D eigenvalue weighted by atomic mass is 35.5. The highest BCUT2D eigenvalue weighted by Crippen LogP contribution is 2.36. The van der Waals surface area contributed by atoms with E-state index in [0.29, 0.717) is 12.2 Å². The minimum atomic E-state index is -4.45. The summed E-state index contributed by atoms with van der Waals surface area (Å²) >= 11 is 0. The Bertz CT molecular complexity index is 586. The van der Waals surface area contributed by atoms with Crippen LogP contribution < -0.4 is 5.32 Å². The molecule has 1 heterocycles. The normalized spacial score (nSPS) is 12.8. The molecule has 0 aliphatic heterocycles. The topological polar surface area (TPSA) is 51.0 Å². The van der Waals surface area contributed by atoms with Crippen LogP contribution in [0.4, 0.5) is 13.2 Å². The van der Waals surface area contributed by atoms with Gasteiger partial charge in [0.1, 0.15) is 0 Å². The van der Waals surface area contributed by atoms with Crippen LogP contribution in [-0.4, -0.2) is 23.2 Å². The lowest BCUT2D eigenvalue weighted by Gasteiger charge is -2.09. The second-order valence-corrected chi connectivity index (χ2v) is 4.45. The lowest BCUT2D eigenvalue weighted by molar-refractivity contribution is -0.137. The van der Waals surface area contributed by atoms with E-state index in [1.165, 1.54) is 18.2 Å². The van der Waals surface area contributed by atoms with E-state index >= 15 is 0 Å². The van der Waals surface area contributed by atoms with Gasteiger partial charge in [-0.15, -0.1) is 12.4 Å². The van der Waals surface area contributed by atoms with Crippen LogP contribution in [-0.2, 0) is 12.6 Å². The average Bonchev–Trinajstić information content (AvgIpc) is 2.86. The second-order valence-electron chi connectivity index (χ2n) is 4.45. The first-order valence-electron chi connectivity index (χ1n) is 6.08. The van der Waals surface area contributed by atoms with Gasteiger partial charge in [-0.2, -0.15) is 18.2 Å². The summed E-state index contributed by atoms with van der Waals surface area (Å²) in [4.78, 5) is 4.02. The predicted molar refractivity (Wildman–Crippen MR) is 74.2 cm³/mol. The Balaban J connectivity index is 0.00000220. The molecule has 0 fully saturated rings. The lowest BCUT2D eigenvalue weighted by Crippen LogP contribution is -2.24. The molecule has 1 N–H and O–H groups in total. The molecule has 4 nitrogen and oxygen atoms in total. The summed E-state index contributed by atoms with van der Waals surface area (Å²) in [7, 11) is 1.78. The number of nitrogens with one attached hydrogen (secondary N) is 1. The van der Waals surface area contributed by atoms with Gasteiger partial charge >= 0.3 is 6.18 Å². The standard InChI is InChI=1S/C13H14F3N3O.ClH/c1-8(17-2)7-11-18-12(20-19-11)9-5-3-4-6-10(9)13(14,15)16;/h3-6,8,17H,7H2,1-2H3;1H. The molecule has 0 spiro atoms. The maximum absolute atomic E-state index is 12.9. The zero-order valence-electron chi connectivity index (χ0n) is 11.4. The molecule has 21 heavy (non-hydrogen) atoms. The molecule has 0 bridgehead atoms. The van der Waals surface area contributed by atoms with E-state index in [-0.39, 0.29) is 29.9 Å². The summed E-state index contributed by atoms with van der Waals surface area (Å²) in [5.41, 5.74) is -0.882. The van der Waals surface area contributed by atoms with Crippen molar-refractivity contribution in [2.24, 2.45) is 0 Å². The fraction of sp³-hybridized carbons (Fsp3) is 0.385. The third-order valence-corrected chi connectivity index (χ3v) is 2.91. The number of halogens is 4. The third kappa shape index (κ3) is 4.18. The highest BCUT2D eigenvalue weighted by molar-refractivity contribution is 5.85. The zero-order chi connectivity index (χ0) is 14.8. The molecule has 2 aromatic rings. The largest absolute Gasteiger partial charge is 0.417 e. The highest BCUT2D eigenvalue weighted by Gasteiger charge is 2.34. The summed E-state index contributed by atoms with van der Waals surface area (Å²) < 4.78 is 43.7. The molecule has 0 amide bonds. The first-order valence-corrected chi connectivity index (χ1v) is 6.08. The van der Waals surface area contributed by atoms with Crippen molar-refractivity contribution < 1.29 is 17.7 Å². The van der Waals surface area contributed by atoms with E-state index < -0.39 is 11.7 Å². The van der Waals surface area contributed by atoms with Gasteiger partial charge in [0.15, 0.2) is 5.82 Å². The number of likely N-dealkylation sites (N-methyl/N-ethyl adjacent to an activating group) is 1. The fourth-order valence-corrected chi connectivity index (χ4v) is 1.74. The maximum atomic E-state index is 12.9. The van der Waals surface area contributed by atoms with E-state index in [9.17, 15) is 13.2 Å². The molecule has 0 saturated carbocycles. The Morgan fingerprint density at radius 3 is 2.57 bits per heavy atom. The van der Waals surface area contributed by atoms with Crippen LogP contribution in [0.5, 0.6) is 0 Å². The quantitative estimate of drug-likeness (QED) is 0.938. The summed E-state index contributed by atoms with van der Waals surface area (Å²) in [6, 6.07) is 5.26. The van der Waals surface area contributed by atoms with Crippen LogP contribution in [0.3, 0.4) is 0 Å². The van der Waals surface area contributed by atoms with Gasteiger partial charge in [0.05, 0.1) is 11.1 Å². The Kier molecular flexibility index (Phi) is 5.74. The van der Waals surface area contributed by atoms with Crippen LogP contribution in [0.15, 0.2) is 28.8 Å². The van der Waals surface area contributed by atoms with Gasteiger partial charge in [0, 0.05) is 12.5 Å². The lowest BCUT2D eigenvalue weighted by atomic mass is 10.1. The maximum Gasteiger partial charge on any atom is 0.417 e. The van der Waals surface area contributed by atoms with Crippen LogP contribution >= 0.6 is 12.4 Å². The molecule has 0 saturated heterocycles. The number of aromatic nitrogens is 2. The monoisotopic (exact) mass is 321 g/mol. The van der Waals surface area contributed by atoms with E-state index in [4.69, 9.17) is 4.52 Å². The molecule has 1 atom stereocenters. The van der Waals surface area contributed by atoms with Gasteiger partial charge in [-0.05, 0) is 26.1 Å². The van der Waals surface area contributed by atoms with Crippen molar-refractivity contribution in [2.45, 2.75) is 25.6 Å². The smallest absolute Gasteiger partial charge is 0.334 e. The van der Waals surface area contributed by atoms with E-state index in [1.807, 2.05) is 6.92 Å². The van der Waals surface area contributed by atoms with Crippen molar-refractivity contribution in [2.75, 3.05) is 7.05 Å². The van der Waals surface area contributed by atoms with Crippen LogP contribution in [0.1, 0.15) is 18.3 Å². The molecule has 0 aliphatic carbocycles. The number of nitrogens with zero attached hydrogens (tertiary/aromatic N) is 2. The molecular weight excluding hydrogens is 307 g/mol. The Hall–Kier alpha value is -1.60. The molecule has 0 aliphatic rings. The minimum Gasteiger partial charge on any atom is -0.334 e. The first kappa shape index (κ1) is 17.5. The first-order chi connectivity index (χ1) is 9.41. The van der Waals surface area contributed by atoms with Crippen LogP contribution in [0.25, 0.3) is 11.5 Å². The van der Waals surface area contributed by atoms with Crippen LogP contribution in [0, 0.1) is 0 Å². The summed E-state index contributed by atoms with van der Waals surface area (Å²) in [6.07, 6.45) is -3.97. The van der Waals surface area contributed by atoms with Crippen molar-refractivity contribution in [3.05, 3.63) is 35.7 Å². The van der Waals surface area contributed by atoms with Gasteiger partial charge in [-0.1, -0.05) is 17.3 Å². The Labute approximate surface area is 126 Å². The molecule has 2 rings (SSSR count). The fourth-order valence-electron chi connectivity index (χ4n) is 1.74. The molecule has 1 aromatic carbocycles. The van der Waals surface area contributed by atoms with Gasteiger partial charge in [0.25, 0.3) is 5.89 Å². The van der Waals surface area contributed by atoms with E-state index in [1.54, 1.807) is 7.05 Å². The predicted octanol–water partition coefficient (Wildman–Crippen LogP) is 3.33. The second kappa shape index (κ2) is 6.91. The molecule has 8 heteroatoms. The number of hydrogen-bond donors (Lipinski definition) is 1. The molecular formula is C13H15ClF3N3O. The number of rotatable bonds is 4. The summed E-state index contributed by atoms with van der Waals surface area (Å²) in [6.45, 7) is 1.92. The molecule has 0 radical (unpaired) electrons. The van der Waals surface area contributed by atoms with Gasteiger partial charge in [-0.25, -0.2) is 0 Å². The average molecular weight is 322 g/mol. The molecule has 1 unspecified atom stereocenters. The van der Waals surface area contributed by atoms with Gasteiger partial charge in [-0.3, -0.25) is 0 Å². The SMILES string of the molecule is CNC(C)Cc1noc(-c2ccccc2C(F)(F)F)n1.Cl. The Morgan fingerprint density at radius 2 is 1.95 bits per heavy atom. The third-order valence-electron chi connectivity index (χ3n) is 2.91. The molecule has 116 valence electrons. The van der Waals surface area contributed by atoms with Crippen molar-refractivity contribution in [3.8, 4) is 11.5 Å². The van der Waals surface area contributed by atoms with Crippen molar-refractivity contribution in [3.63, 3.8) is 0 Å². The summed E-state index contributed by atoms with van der Waals surface area (Å²) in [5.74, 6) is 0.259. The number of hydrogen-bond acceptors (Lipinski definition) is 4. The van der Waals surface area contributed by atoms with Gasteiger partial charge < -0.3 is 9.84 Å². The van der Waals surface area contributed by atoms with Crippen molar-refractivity contribution in [1.29, 1.82) is 0 Å². The molecule has 1 aromatic heterocycles. The zero-order valence-corrected chi connectivity index (χ0v) is 12.3. The van der Waals surface area contributed by atoms with Gasteiger partial charge in [0.2, 0.25) is 0 Å². The van der Waals surface area contributed by atoms with E-state index in [0.717, 1.165) is 6.07 Å². The van der Waals surface area contributed by atoms with E-state index in [2.05, 4.69) is 15.5 Å². The number of alkyl halides is 3. The van der Waals surface area contributed by atoms with Crippen molar-refractivity contribution >= 4 is 12.4 Å². The van der Waals surface area contributed by atoms with Crippen LogP contribution in [0.2, 0.25) is 0 Å². The Morgan fingerprint density at radius 1 is 1.29 bits per heavy atom.